The lowest BCUT2D eigenvalue weighted by molar-refractivity contribution is 0.0423. The van der Waals surface area contributed by atoms with Crippen LogP contribution in [0.2, 0.25) is 0 Å². The van der Waals surface area contributed by atoms with Crippen LogP contribution in [-0.2, 0) is 4.74 Å². The standard InChI is InChI=1S/C9H12O3/c1-7(2)6-12-9(10)8-4-3-5-11-8/h3-5,7H,6H2,1-2H3. The summed E-state index contributed by atoms with van der Waals surface area (Å²) in [6, 6.07) is 3.24. The Morgan fingerprint density at radius 2 is 2.42 bits per heavy atom. The van der Waals surface area contributed by atoms with Gasteiger partial charge in [-0.1, -0.05) is 13.8 Å². The highest BCUT2D eigenvalue weighted by molar-refractivity contribution is 5.86. The smallest absolute Gasteiger partial charge is 0.374 e. The summed E-state index contributed by atoms with van der Waals surface area (Å²) < 4.78 is 9.77. The second-order valence-electron chi connectivity index (χ2n) is 2.97. The molecule has 0 aliphatic carbocycles. The molecule has 0 fully saturated rings. The van der Waals surface area contributed by atoms with Gasteiger partial charge in [-0.15, -0.1) is 0 Å². The lowest BCUT2D eigenvalue weighted by atomic mass is 10.2. The number of hydrogen-bond acceptors (Lipinski definition) is 3. The van der Waals surface area contributed by atoms with Crippen LogP contribution in [0, 0.1) is 5.92 Å². The van der Waals surface area contributed by atoms with E-state index in [-0.39, 0.29) is 5.76 Å². The first-order chi connectivity index (χ1) is 5.70. The molecule has 0 spiro atoms. The van der Waals surface area contributed by atoms with Gasteiger partial charge >= 0.3 is 5.97 Å². The number of carbonyl (C=O) groups is 1. The van der Waals surface area contributed by atoms with Crippen LogP contribution < -0.4 is 0 Å². The Labute approximate surface area is 71.3 Å². The molecule has 1 aromatic rings. The zero-order chi connectivity index (χ0) is 8.97. The summed E-state index contributed by atoms with van der Waals surface area (Å²) >= 11 is 0. The van der Waals surface area contributed by atoms with Gasteiger partial charge in [-0.25, -0.2) is 4.79 Å². The van der Waals surface area contributed by atoms with E-state index in [1.165, 1.54) is 6.26 Å². The highest BCUT2D eigenvalue weighted by Gasteiger charge is 2.09. The van der Waals surface area contributed by atoms with Gasteiger partial charge in [-0.2, -0.15) is 0 Å². The molecular weight excluding hydrogens is 156 g/mol. The normalized spacial score (nSPS) is 10.2. The Balaban J connectivity index is 2.40. The minimum absolute atomic E-state index is 0.260. The summed E-state index contributed by atoms with van der Waals surface area (Å²) in [5, 5.41) is 0. The Kier molecular flexibility index (Phi) is 2.91. The van der Waals surface area contributed by atoms with Crippen molar-refractivity contribution < 1.29 is 13.9 Å². The number of furan rings is 1. The molecule has 3 heteroatoms. The van der Waals surface area contributed by atoms with Gasteiger partial charge in [-0.05, 0) is 18.1 Å². The first-order valence-corrected chi connectivity index (χ1v) is 3.91. The third-order valence-electron chi connectivity index (χ3n) is 1.27. The van der Waals surface area contributed by atoms with E-state index in [9.17, 15) is 4.79 Å². The lowest BCUT2D eigenvalue weighted by Gasteiger charge is -2.04. The minimum Gasteiger partial charge on any atom is -0.460 e. The average Bonchev–Trinajstić information content (AvgIpc) is 2.51. The number of ether oxygens (including phenoxy) is 1. The SMILES string of the molecule is CC(C)COC(=O)c1ccco1. The van der Waals surface area contributed by atoms with Crippen molar-refractivity contribution in [3.63, 3.8) is 0 Å². The minimum atomic E-state index is -0.395. The predicted octanol–water partition coefficient (Wildman–Crippen LogP) is 2.09. The highest BCUT2D eigenvalue weighted by atomic mass is 16.5. The Hall–Kier alpha value is -1.25. The van der Waals surface area contributed by atoms with Crippen LogP contribution in [-0.4, -0.2) is 12.6 Å². The van der Waals surface area contributed by atoms with Gasteiger partial charge in [0, 0.05) is 0 Å². The number of hydrogen-bond donors (Lipinski definition) is 0. The second-order valence-corrected chi connectivity index (χ2v) is 2.97. The van der Waals surface area contributed by atoms with Crippen LogP contribution in [0.25, 0.3) is 0 Å². The third-order valence-corrected chi connectivity index (χ3v) is 1.27. The summed E-state index contributed by atoms with van der Waals surface area (Å²) in [6.07, 6.45) is 1.45. The van der Waals surface area contributed by atoms with Crippen LogP contribution in [0.15, 0.2) is 22.8 Å². The predicted molar refractivity (Wildman–Crippen MR) is 43.8 cm³/mol. The van der Waals surface area contributed by atoms with Gasteiger partial charge in [0.15, 0.2) is 0 Å². The van der Waals surface area contributed by atoms with Crippen molar-refractivity contribution in [2.24, 2.45) is 5.92 Å². The fraction of sp³-hybridized carbons (Fsp3) is 0.444. The molecule has 12 heavy (non-hydrogen) atoms. The Bertz CT molecular complexity index is 236. The average molecular weight is 168 g/mol. The molecule has 0 aliphatic rings. The largest absolute Gasteiger partial charge is 0.460 e. The molecule has 0 radical (unpaired) electrons. The summed E-state index contributed by atoms with van der Waals surface area (Å²) in [5.41, 5.74) is 0. The van der Waals surface area contributed by atoms with Crippen LogP contribution in [0.4, 0.5) is 0 Å². The van der Waals surface area contributed by atoms with Crippen molar-refractivity contribution in [3.8, 4) is 0 Å². The van der Waals surface area contributed by atoms with Gasteiger partial charge in [0.05, 0.1) is 12.9 Å². The molecule has 0 aromatic carbocycles. The molecule has 1 heterocycles. The quantitative estimate of drug-likeness (QED) is 0.649. The van der Waals surface area contributed by atoms with E-state index in [0.29, 0.717) is 12.5 Å². The van der Waals surface area contributed by atoms with Crippen molar-refractivity contribution >= 4 is 5.97 Å². The highest BCUT2D eigenvalue weighted by Crippen LogP contribution is 2.03. The number of rotatable bonds is 3. The molecule has 0 saturated heterocycles. The first-order valence-electron chi connectivity index (χ1n) is 3.91. The second kappa shape index (κ2) is 3.95. The van der Waals surface area contributed by atoms with Gasteiger partial charge < -0.3 is 9.15 Å². The molecule has 0 unspecified atom stereocenters. The summed E-state index contributed by atoms with van der Waals surface area (Å²) in [7, 11) is 0. The molecule has 0 amide bonds. The van der Waals surface area contributed by atoms with Crippen LogP contribution >= 0.6 is 0 Å². The van der Waals surface area contributed by atoms with Gasteiger partial charge in [-0.3, -0.25) is 0 Å². The fourth-order valence-corrected chi connectivity index (χ4v) is 0.708. The first kappa shape index (κ1) is 8.84. The van der Waals surface area contributed by atoms with Gasteiger partial charge in [0.25, 0.3) is 0 Å². The number of esters is 1. The van der Waals surface area contributed by atoms with E-state index in [1.54, 1.807) is 12.1 Å². The third kappa shape index (κ3) is 2.42. The monoisotopic (exact) mass is 168 g/mol. The zero-order valence-corrected chi connectivity index (χ0v) is 7.24. The van der Waals surface area contributed by atoms with Crippen molar-refractivity contribution in [1.29, 1.82) is 0 Å². The van der Waals surface area contributed by atoms with Crippen molar-refractivity contribution in [2.75, 3.05) is 6.61 Å². The van der Waals surface area contributed by atoms with Crippen molar-refractivity contribution in [3.05, 3.63) is 24.2 Å². The molecular formula is C9H12O3. The summed E-state index contributed by atoms with van der Waals surface area (Å²) in [6.45, 7) is 4.39. The molecule has 0 bridgehead atoms. The molecule has 0 aliphatic heterocycles. The van der Waals surface area contributed by atoms with Gasteiger partial charge in [0.1, 0.15) is 0 Å². The van der Waals surface area contributed by atoms with Crippen LogP contribution in [0.5, 0.6) is 0 Å². The topological polar surface area (TPSA) is 39.4 Å². The van der Waals surface area contributed by atoms with Crippen LogP contribution in [0.3, 0.4) is 0 Å². The van der Waals surface area contributed by atoms with Crippen molar-refractivity contribution in [2.45, 2.75) is 13.8 Å². The van der Waals surface area contributed by atoms with E-state index in [4.69, 9.17) is 9.15 Å². The van der Waals surface area contributed by atoms with E-state index < -0.39 is 5.97 Å². The maximum atomic E-state index is 11.1. The van der Waals surface area contributed by atoms with Gasteiger partial charge in [0.2, 0.25) is 5.76 Å². The lowest BCUT2D eigenvalue weighted by Crippen LogP contribution is -2.09. The maximum absolute atomic E-state index is 11.1. The molecule has 66 valence electrons. The Morgan fingerprint density at radius 3 is 2.92 bits per heavy atom. The maximum Gasteiger partial charge on any atom is 0.374 e. The molecule has 0 N–H and O–H groups in total. The Morgan fingerprint density at radius 1 is 1.67 bits per heavy atom. The van der Waals surface area contributed by atoms with E-state index >= 15 is 0 Å². The number of carbonyl (C=O) groups excluding carboxylic acids is 1. The van der Waals surface area contributed by atoms with Crippen LogP contribution in [0.1, 0.15) is 24.4 Å². The molecule has 0 saturated carbocycles. The summed E-state index contributed by atoms with van der Waals surface area (Å²) in [5.74, 6) is 0.216. The zero-order valence-electron chi connectivity index (χ0n) is 7.24. The van der Waals surface area contributed by atoms with E-state index in [2.05, 4.69) is 0 Å². The van der Waals surface area contributed by atoms with Crippen molar-refractivity contribution in [1.82, 2.24) is 0 Å². The summed E-state index contributed by atoms with van der Waals surface area (Å²) in [4.78, 5) is 11.1. The molecule has 1 rings (SSSR count). The molecule has 0 atom stereocenters. The van der Waals surface area contributed by atoms with E-state index in [0.717, 1.165) is 0 Å². The molecule has 3 nitrogen and oxygen atoms in total. The molecule has 1 aromatic heterocycles. The fourth-order valence-electron chi connectivity index (χ4n) is 0.708. The van der Waals surface area contributed by atoms with E-state index in [1.807, 2.05) is 13.8 Å².